The van der Waals surface area contributed by atoms with Gasteiger partial charge < -0.3 is 5.11 Å². The molecule has 5 heteroatoms. The summed E-state index contributed by atoms with van der Waals surface area (Å²) < 4.78 is 2.05. The van der Waals surface area contributed by atoms with E-state index in [1.165, 1.54) is 0 Å². The van der Waals surface area contributed by atoms with E-state index in [0.29, 0.717) is 5.69 Å². The Morgan fingerprint density at radius 2 is 1.50 bits per heavy atom. The van der Waals surface area contributed by atoms with Gasteiger partial charge in [0.2, 0.25) is 0 Å². The first kappa shape index (κ1) is 15.3. The summed E-state index contributed by atoms with van der Waals surface area (Å²) in [7, 11) is 0. The Balaban J connectivity index is 0.000000180. The zero-order chi connectivity index (χ0) is 13.4. The fraction of sp³-hybridized carbons (Fsp3) is 0.231. The van der Waals surface area contributed by atoms with Crippen molar-refractivity contribution in [2.45, 2.75) is 20.0 Å². The summed E-state index contributed by atoms with van der Waals surface area (Å²) in [4.78, 5) is 8.01. The van der Waals surface area contributed by atoms with E-state index < -0.39 is 0 Å². The maximum Gasteiger partial charge on any atom is 0.0853 e. The molecule has 0 saturated heterocycles. The Labute approximate surface area is 124 Å². The highest BCUT2D eigenvalue weighted by Crippen LogP contribution is 2.09. The Hall–Kier alpha value is -0.780. The molecular formula is C13H14Br2N2O. The van der Waals surface area contributed by atoms with Crippen molar-refractivity contribution in [3.8, 4) is 0 Å². The number of aryl methyl sites for hydroxylation is 1. The van der Waals surface area contributed by atoms with Crippen molar-refractivity contribution >= 4 is 31.9 Å². The fourth-order valence-corrected chi connectivity index (χ4v) is 1.94. The molecule has 2 aromatic rings. The van der Waals surface area contributed by atoms with Crippen LogP contribution in [0.15, 0.2) is 45.6 Å². The third-order valence-corrected chi connectivity index (χ3v) is 3.07. The van der Waals surface area contributed by atoms with E-state index in [4.69, 9.17) is 5.11 Å². The monoisotopic (exact) mass is 372 g/mol. The second-order valence-corrected chi connectivity index (χ2v) is 5.27. The Morgan fingerprint density at radius 1 is 1.00 bits per heavy atom. The molecule has 3 nitrogen and oxygen atoms in total. The number of pyridine rings is 2. The standard InChI is InChI=1S/C7H8BrN.C6H6BrNO/c1-2-7-5-6(8)3-4-9-7;7-5-1-2-8-6(3-5)4-9/h3-5H,2H2,1H3;1-3,9H,4H2. The molecule has 0 saturated carbocycles. The zero-order valence-corrected chi connectivity index (χ0v) is 13.1. The van der Waals surface area contributed by atoms with Gasteiger partial charge in [0, 0.05) is 27.0 Å². The summed E-state index contributed by atoms with van der Waals surface area (Å²) in [5.41, 5.74) is 1.81. The largest absolute Gasteiger partial charge is 0.390 e. The van der Waals surface area contributed by atoms with E-state index in [2.05, 4.69) is 48.8 Å². The average Bonchev–Trinajstić information content (AvgIpc) is 2.39. The molecule has 0 amide bonds. The number of aliphatic hydroxyl groups excluding tert-OH is 1. The van der Waals surface area contributed by atoms with E-state index in [1.807, 2.05) is 24.4 Å². The summed E-state index contributed by atoms with van der Waals surface area (Å²) in [6, 6.07) is 7.55. The van der Waals surface area contributed by atoms with Crippen LogP contribution in [0.25, 0.3) is 0 Å². The van der Waals surface area contributed by atoms with Crippen LogP contribution in [0.4, 0.5) is 0 Å². The highest BCUT2D eigenvalue weighted by molar-refractivity contribution is 9.10. The van der Waals surface area contributed by atoms with Crippen LogP contribution in [0.1, 0.15) is 18.3 Å². The van der Waals surface area contributed by atoms with Crippen molar-refractivity contribution in [3.63, 3.8) is 0 Å². The first-order valence-corrected chi connectivity index (χ1v) is 7.06. The molecule has 2 heterocycles. The van der Waals surface area contributed by atoms with E-state index in [0.717, 1.165) is 21.1 Å². The topological polar surface area (TPSA) is 46.0 Å². The molecule has 0 aliphatic carbocycles. The molecule has 0 aromatic carbocycles. The predicted molar refractivity (Wildman–Crippen MR) is 79.2 cm³/mol. The summed E-state index contributed by atoms with van der Waals surface area (Å²) in [5.74, 6) is 0. The Kier molecular flexibility index (Phi) is 7.08. The molecule has 0 unspecified atom stereocenters. The van der Waals surface area contributed by atoms with Crippen molar-refractivity contribution < 1.29 is 5.11 Å². The quantitative estimate of drug-likeness (QED) is 0.871. The molecule has 1 N–H and O–H groups in total. The van der Waals surface area contributed by atoms with Crippen molar-refractivity contribution in [1.29, 1.82) is 0 Å². The van der Waals surface area contributed by atoms with Crippen molar-refractivity contribution in [1.82, 2.24) is 9.97 Å². The average molecular weight is 374 g/mol. The molecule has 0 aliphatic heterocycles. The molecule has 2 rings (SSSR count). The van der Waals surface area contributed by atoms with Gasteiger partial charge in [-0.2, -0.15) is 0 Å². The minimum atomic E-state index is -0.000556. The second-order valence-electron chi connectivity index (χ2n) is 3.44. The van der Waals surface area contributed by atoms with Crippen LogP contribution in [-0.2, 0) is 13.0 Å². The van der Waals surface area contributed by atoms with Crippen LogP contribution in [0, 0.1) is 0 Å². The lowest BCUT2D eigenvalue weighted by Crippen LogP contribution is -1.85. The Morgan fingerprint density at radius 3 is 1.83 bits per heavy atom. The molecule has 0 atom stereocenters. The third kappa shape index (κ3) is 5.71. The van der Waals surface area contributed by atoms with Crippen LogP contribution < -0.4 is 0 Å². The van der Waals surface area contributed by atoms with E-state index in [1.54, 1.807) is 12.3 Å². The summed E-state index contributed by atoms with van der Waals surface area (Å²) >= 11 is 6.61. The van der Waals surface area contributed by atoms with Gasteiger partial charge in [-0.1, -0.05) is 38.8 Å². The fourth-order valence-electron chi connectivity index (χ4n) is 1.18. The highest BCUT2D eigenvalue weighted by atomic mass is 79.9. The lowest BCUT2D eigenvalue weighted by Gasteiger charge is -1.93. The number of rotatable bonds is 2. The summed E-state index contributed by atoms with van der Waals surface area (Å²) in [6.45, 7) is 2.09. The lowest BCUT2D eigenvalue weighted by molar-refractivity contribution is 0.277. The maximum absolute atomic E-state index is 8.58. The first-order chi connectivity index (χ1) is 8.65. The molecule has 0 bridgehead atoms. The molecule has 0 aliphatic rings. The molecule has 0 fully saturated rings. The summed E-state index contributed by atoms with van der Waals surface area (Å²) in [5, 5.41) is 8.58. The van der Waals surface area contributed by atoms with Gasteiger partial charge in [-0.3, -0.25) is 9.97 Å². The number of halogens is 2. The maximum atomic E-state index is 8.58. The smallest absolute Gasteiger partial charge is 0.0853 e. The second kappa shape index (κ2) is 8.34. The lowest BCUT2D eigenvalue weighted by atomic mass is 10.3. The van der Waals surface area contributed by atoms with E-state index in [9.17, 15) is 0 Å². The molecular weight excluding hydrogens is 360 g/mol. The molecule has 96 valence electrons. The molecule has 0 spiro atoms. The first-order valence-electron chi connectivity index (χ1n) is 5.47. The number of hydrogen-bond donors (Lipinski definition) is 1. The van der Waals surface area contributed by atoms with Crippen LogP contribution in [-0.4, -0.2) is 15.1 Å². The number of hydrogen-bond acceptors (Lipinski definition) is 3. The van der Waals surface area contributed by atoms with Crippen LogP contribution in [0.3, 0.4) is 0 Å². The minimum absolute atomic E-state index is 0.000556. The van der Waals surface area contributed by atoms with E-state index in [-0.39, 0.29) is 6.61 Å². The van der Waals surface area contributed by atoms with Gasteiger partial charge in [0.1, 0.15) is 0 Å². The predicted octanol–water partition coefficient (Wildman–Crippen LogP) is 3.74. The Bertz CT molecular complexity index is 446. The molecule has 0 radical (unpaired) electrons. The van der Waals surface area contributed by atoms with Crippen molar-refractivity contribution in [2.24, 2.45) is 0 Å². The van der Waals surface area contributed by atoms with Crippen molar-refractivity contribution in [2.75, 3.05) is 0 Å². The third-order valence-electron chi connectivity index (χ3n) is 2.08. The van der Waals surface area contributed by atoms with Gasteiger partial charge >= 0.3 is 0 Å². The van der Waals surface area contributed by atoms with Gasteiger partial charge in [-0.05, 0) is 30.7 Å². The molecule has 18 heavy (non-hydrogen) atoms. The molecule has 2 aromatic heterocycles. The zero-order valence-electron chi connectivity index (χ0n) is 9.98. The number of aliphatic hydroxyl groups is 1. The van der Waals surface area contributed by atoms with Gasteiger partial charge in [0.05, 0.1) is 12.3 Å². The van der Waals surface area contributed by atoms with Crippen LogP contribution in [0.2, 0.25) is 0 Å². The summed E-state index contributed by atoms with van der Waals surface area (Å²) in [6.07, 6.45) is 4.46. The highest BCUT2D eigenvalue weighted by Gasteiger charge is 1.90. The minimum Gasteiger partial charge on any atom is -0.390 e. The van der Waals surface area contributed by atoms with Crippen molar-refractivity contribution in [3.05, 3.63) is 57.0 Å². The van der Waals surface area contributed by atoms with E-state index >= 15 is 0 Å². The SMILES string of the molecule is CCc1cc(Br)ccn1.OCc1cc(Br)ccn1. The van der Waals surface area contributed by atoms with Gasteiger partial charge in [-0.25, -0.2) is 0 Å². The van der Waals surface area contributed by atoms with Crippen LogP contribution >= 0.6 is 31.9 Å². The van der Waals surface area contributed by atoms with Crippen LogP contribution in [0.5, 0.6) is 0 Å². The normalized spacial score (nSPS) is 9.56. The van der Waals surface area contributed by atoms with Gasteiger partial charge in [0.15, 0.2) is 0 Å². The van der Waals surface area contributed by atoms with Gasteiger partial charge in [0.25, 0.3) is 0 Å². The number of nitrogens with zero attached hydrogens (tertiary/aromatic N) is 2. The number of aromatic nitrogens is 2. The van der Waals surface area contributed by atoms with Gasteiger partial charge in [-0.15, -0.1) is 0 Å².